The fourth-order valence-corrected chi connectivity index (χ4v) is 4.23. The molecule has 0 aromatic heterocycles. The van der Waals surface area contributed by atoms with Crippen molar-refractivity contribution in [3.8, 4) is 0 Å². The number of carbonyl (C=O) groups is 3. The van der Waals surface area contributed by atoms with Crippen LogP contribution in [0.15, 0.2) is 0 Å². The monoisotopic (exact) mass is 287 g/mol. The molecule has 7 nitrogen and oxygen atoms in total. The van der Waals surface area contributed by atoms with E-state index in [1.165, 1.54) is 11.8 Å². The van der Waals surface area contributed by atoms with Gasteiger partial charge in [0.1, 0.15) is 4.75 Å². The molecule has 2 rings (SSSR count). The molecule has 0 saturated carbocycles. The Hall–Kier alpha value is -1.44. The maximum atomic E-state index is 11.6. The van der Waals surface area contributed by atoms with Gasteiger partial charge in [-0.25, -0.2) is 4.79 Å². The number of carboxylic acids is 1. The van der Waals surface area contributed by atoms with Gasteiger partial charge in [-0.2, -0.15) is 0 Å². The van der Waals surface area contributed by atoms with Gasteiger partial charge in [-0.05, 0) is 12.8 Å². The Kier molecular flexibility index (Phi) is 3.88. The molecule has 0 aliphatic carbocycles. The van der Waals surface area contributed by atoms with E-state index in [4.69, 9.17) is 5.73 Å². The zero-order chi connectivity index (χ0) is 14.0. The SMILES string of the molecule is NC(=O)CCCC[C@]1(C(=O)O)SC[C@@H]2NC(=O)N[C@@H]21. The Bertz CT molecular complexity index is 417. The lowest BCUT2D eigenvalue weighted by Gasteiger charge is -2.29. The van der Waals surface area contributed by atoms with Gasteiger partial charge in [-0.3, -0.25) is 9.59 Å². The van der Waals surface area contributed by atoms with Crippen molar-refractivity contribution in [1.82, 2.24) is 10.6 Å². The molecule has 3 atom stereocenters. The number of carbonyl (C=O) groups excluding carboxylic acids is 2. The molecule has 0 spiro atoms. The molecule has 19 heavy (non-hydrogen) atoms. The number of amides is 3. The molecular weight excluding hydrogens is 270 g/mol. The summed E-state index contributed by atoms with van der Waals surface area (Å²) >= 11 is 1.36. The summed E-state index contributed by atoms with van der Waals surface area (Å²) in [6, 6.07) is -0.834. The van der Waals surface area contributed by atoms with E-state index in [1.54, 1.807) is 0 Å². The first-order chi connectivity index (χ1) is 8.95. The molecule has 2 saturated heterocycles. The minimum absolute atomic E-state index is 0.134. The van der Waals surface area contributed by atoms with E-state index < -0.39 is 16.8 Å². The Morgan fingerprint density at radius 2 is 2.16 bits per heavy atom. The van der Waals surface area contributed by atoms with Crippen LogP contribution in [0.3, 0.4) is 0 Å². The van der Waals surface area contributed by atoms with E-state index >= 15 is 0 Å². The smallest absolute Gasteiger partial charge is 0.321 e. The zero-order valence-corrected chi connectivity index (χ0v) is 11.2. The second kappa shape index (κ2) is 5.28. The third-order valence-corrected chi connectivity index (χ3v) is 5.29. The van der Waals surface area contributed by atoms with Gasteiger partial charge < -0.3 is 21.5 Å². The number of urea groups is 1. The first-order valence-corrected chi connectivity index (χ1v) is 7.17. The summed E-state index contributed by atoms with van der Waals surface area (Å²) in [4.78, 5) is 33.6. The summed E-state index contributed by atoms with van der Waals surface area (Å²) in [7, 11) is 0. The number of hydrogen-bond acceptors (Lipinski definition) is 4. The number of nitrogens with one attached hydrogen (secondary N) is 2. The highest BCUT2D eigenvalue weighted by atomic mass is 32.2. The van der Waals surface area contributed by atoms with Crippen molar-refractivity contribution in [3.63, 3.8) is 0 Å². The summed E-state index contributed by atoms with van der Waals surface area (Å²) in [6.07, 6.45) is 1.85. The summed E-state index contributed by atoms with van der Waals surface area (Å²) < 4.78 is -0.999. The number of thioether (sulfide) groups is 1. The van der Waals surface area contributed by atoms with E-state index in [-0.39, 0.29) is 24.4 Å². The molecule has 2 fully saturated rings. The molecule has 0 radical (unpaired) electrons. The standard InChI is InChI=1S/C11H17N3O4S/c12-7(15)3-1-2-4-11(9(16)17)8-6(5-19-11)13-10(18)14-8/h6,8H,1-5H2,(H2,12,15)(H,16,17)(H2,13,14,18)/t6-,8-,11-/m0/s1. The lowest BCUT2D eigenvalue weighted by Crippen LogP contribution is -2.51. The lowest BCUT2D eigenvalue weighted by molar-refractivity contribution is -0.140. The predicted octanol–water partition coefficient (Wildman–Crippen LogP) is -0.348. The molecule has 0 aromatic rings. The topological polar surface area (TPSA) is 122 Å². The largest absolute Gasteiger partial charge is 0.480 e. The Balaban J connectivity index is 2.00. The molecule has 2 aliphatic rings. The third-order valence-electron chi connectivity index (χ3n) is 3.61. The number of hydrogen-bond donors (Lipinski definition) is 4. The zero-order valence-electron chi connectivity index (χ0n) is 10.3. The number of primary amides is 1. The first-order valence-electron chi connectivity index (χ1n) is 6.18. The van der Waals surface area contributed by atoms with Crippen molar-refractivity contribution < 1.29 is 19.5 Å². The van der Waals surface area contributed by atoms with E-state index in [2.05, 4.69) is 10.6 Å². The van der Waals surface area contributed by atoms with Gasteiger partial charge in [-0.1, -0.05) is 6.42 Å². The average Bonchev–Trinajstić information content (AvgIpc) is 2.83. The van der Waals surface area contributed by atoms with Crippen LogP contribution in [0.25, 0.3) is 0 Å². The quantitative estimate of drug-likeness (QED) is 0.393. The third kappa shape index (κ3) is 2.63. The lowest BCUT2D eigenvalue weighted by atomic mass is 9.89. The van der Waals surface area contributed by atoms with Gasteiger partial charge in [0.15, 0.2) is 0 Å². The highest BCUT2D eigenvalue weighted by Gasteiger charge is 2.57. The molecule has 2 heterocycles. The van der Waals surface area contributed by atoms with Gasteiger partial charge in [0.05, 0.1) is 12.1 Å². The van der Waals surface area contributed by atoms with Crippen LogP contribution < -0.4 is 16.4 Å². The summed E-state index contributed by atoms with van der Waals surface area (Å²) in [6.45, 7) is 0. The van der Waals surface area contributed by atoms with Crippen LogP contribution in [-0.4, -0.2) is 45.6 Å². The van der Waals surface area contributed by atoms with E-state index in [0.29, 0.717) is 25.0 Å². The van der Waals surface area contributed by atoms with Crippen LogP contribution in [-0.2, 0) is 9.59 Å². The van der Waals surface area contributed by atoms with E-state index in [9.17, 15) is 19.5 Å². The van der Waals surface area contributed by atoms with Gasteiger partial charge >= 0.3 is 12.0 Å². The molecule has 5 N–H and O–H groups in total. The Morgan fingerprint density at radius 1 is 1.42 bits per heavy atom. The molecule has 2 aliphatic heterocycles. The van der Waals surface area contributed by atoms with Crippen molar-refractivity contribution in [3.05, 3.63) is 0 Å². The van der Waals surface area contributed by atoms with Crippen molar-refractivity contribution in [2.45, 2.75) is 42.5 Å². The normalized spacial score (nSPS) is 32.5. The Labute approximate surface area is 114 Å². The molecule has 0 unspecified atom stereocenters. The van der Waals surface area contributed by atoms with Gasteiger partial charge in [0.2, 0.25) is 5.91 Å². The minimum atomic E-state index is -0.999. The van der Waals surface area contributed by atoms with Crippen molar-refractivity contribution in [2.24, 2.45) is 5.73 Å². The maximum Gasteiger partial charge on any atom is 0.321 e. The second-order valence-electron chi connectivity index (χ2n) is 4.88. The van der Waals surface area contributed by atoms with Crippen molar-refractivity contribution in [1.29, 1.82) is 0 Å². The van der Waals surface area contributed by atoms with Crippen LogP contribution in [0.4, 0.5) is 4.79 Å². The fourth-order valence-electron chi connectivity index (χ4n) is 2.66. The predicted molar refractivity (Wildman–Crippen MR) is 69.7 cm³/mol. The minimum Gasteiger partial charge on any atom is -0.480 e. The average molecular weight is 287 g/mol. The number of carboxylic acid groups (broad SMARTS) is 1. The number of unbranched alkanes of at least 4 members (excludes halogenated alkanes) is 1. The van der Waals surface area contributed by atoms with Crippen LogP contribution >= 0.6 is 11.8 Å². The van der Waals surface area contributed by atoms with Gasteiger partial charge in [0.25, 0.3) is 0 Å². The molecule has 0 bridgehead atoms. The summed E-state index contributed by atoms with van der Waals surface area (Å²) in [5, 5.41) is 14.9. The highest BCUT2D eigenvalue weighted by molar-refractivity contribution is 8.01. The number of rotatable bonds is 6. The molecular formula is C11H17N3O4S. The maximum absolute atomic E-state index is 11.6. The first kappa shape index (κ1) is 14.0. The molecule has 3 amide bonds. The molecule has 106 valence electrons. The molecule has 8 heteroatoms. The van der Waals surface area contributed by atoms with Crippen molar-refractivity contribution in [2.75, 3.05) is 5.75 Å². The fraction of sp³-hybridized carbons (Fsp3) is 0.727. The van der Waals surface area contributed by atoms with Crippen LogP contribution in [0.2, 0.25) is 0 Å². The van der Waals surface area contributed by atoms with Crippen LogP contribution in [0.1, 0.15) is 25.7 Å². The number of aliphatic carboxylic acids is 1. The summed E-state index contributed by atoms with van der Waals surface area (Å²) in [5.41, 5.74) is 5.06. The second-order valence-corrected chi connectivity index (χ2v) is 6.23. The van der Waals surface area contributed by atoms with Crippen molar-refractivity contribution >= 4 is 29.7 Å². The van der Waals surface area contributed by atoms with Crippen LogP contribution in [0, 0.1) is 0 Å². The number of nitrogens with two attached hydrogens (primary N) is 1. The van der Waals surface area contributed by atoms with E-state index in [0.717, 1.165) is 0 Å². The highest BCUT2D eigenvalue weighted by Crippen LogP contribution is 2.44. The summed E-state index contributed by atoms with van der Waals surface area (Å²) in [5.74, 6) is -0.698. The Morgan fingerprint density at radius 3 is 2.79 bits per heavy atom. The van der Waals surface area contributed by atoms with Gasteiger partial charge in [0, 0.05) is 12.2 Å². The van der Waals surface area contributed by atoms with Crippen LogP contribution in [0.5, 0.6) is 0 Å². The van der Waals surface area contributed by atoms with E-state index in [1.807, 2.05) is 0 Å². The number of fused-ring (bicyclic) bond motifs is 1. The van der Waals surface area contributed by atoms with Gasteiger partial charge in [-0.15, -0.1) is 11.8 Å². The molecule has 0 aromatic carbocycles.